The standard InChI is InChI=1S/C9H13BrN2O3/c1-6(10)4-11-9(13)8-3-7(5-14-2)15-12-8/h3,6H,4-5H2,1-2H3,(H,11,13). The number of halogens is 1. The van der Waals surface area contributed by atoms with Crippen molar-refractivity contribution in [3.8, 4) is 0 Å². The lowest BCUT2D eigenvalue weighted by atomic mass is 10.3. The Balaban J connectivity index is 2.50. The zero-order valence-corrected chi connectivity index (χ0v) is 10.2. The van der Waals surface area contributed by atoms with Gasteiger partial charge in [0, 0.05) is 24.5 Å². The molecule has 1 atom stereocenters. The summed E-state index contributed by atoms with van der Waals surface area (Å²) < 4.78 is 9.73. The Kier molecular flexibility index (Phi) is 4.77. The summed E-state index contributed by atoms with van der Waals surface area (Å²) in [5.74, 6) is 0.293. The lowest BCUT2D eigenvalue weighted by Crippen LogP contribution is -2.28. The van der Waals surface area contributed by atoms with Gasteiger partial charge in [-0.25, -0.2) is 0 Å². The number of carbonyl (C=O) groups excluding carboxylic acids is 1. The van der Waals surface area contributed by atoms with Crippen LogP contribution in [0.4, 0.5) is 0 Å². The molecule has 0 bridgehead atoms. The summed E-state index contributed by atoms with van der Waals surface area (Å²) in [4.78, 5) is 11.7. The maximum atomic E-state index is 11.5. The van der Waals surface area contributed by atoms with Crippen LogP contribution in [-0.4, -0.2) is 29.5 Å². The highest BCUT2D eigenvalue weighted by molar-refractivity contribution is 9.09. The van der Waals surface area contributed by atoms with E-state index in [1.54, 1.807) is 13.2 Å². The number of amides is 1. The van der Waals surface area contributed by atoms with Crippen LogP contribution < -0.4 is 5.32 Å². The summed E-state index contributed by atoms with van der Waals surface area (Å²) in [6.45, 7) is 2.81. The molecule has 0 aliphatic rings. The molecule has 15 heavy (non-hydrogen) atoms. The Morgan fingerprint density at radius 2 is 2.53 bits per heavy atom. The van der Waals surface area contributed by atoms with Gasteiger partial charge in [0.15, 0.2) is 11.5 Å². The summed E-state index contributed by atoms with van der Waals surface area (Å²) in [6.07, 6.45) is 0. The average molecular weight is 277 g/mol. The lowest BCUT2D eigenvalue weighted by Gasteiger charge is -2.03. The van der Waals surface area contributed by atoms with Gasteiger partial charge in [-0.3, -0.25) is 4.79 Å². The third kappa shape index (κ3) is 4.01. The highest BCUT2D eigenvalue weighted by atomic mass is 79.9. The Labute approximate surface area is 96.3 Å². The molecule has 0 saturated heterocycles. The van der Waals surface area contributed by atoms with Gasteiger partial charge in [-0.15, -0.1) is 0 Å². The molecule has 0 aliphatic carbocycles. The number of hydrogen-bond acceptors (Lipinski definition) is 4. The molecule has 1 heterocycles. The third-order valence-electron chi connectivity index (χ3n) is 1.62. The molecule has 1 aromatic rings. The van der Waals surface area contributed by atoms with Crippen LogP contribution in [0.5, 0.6) is 0 Å². The van der Waals surface area contributed by atoms with Crippen molar-refractivity contribution >= 4 is 21.8 Å². The molecule has 0 saturated carbocycles. The van der Waals surface area contributed by atoms with Gasteiger partial charge in [0.25, 0.3) is 5.91 Å². The number of rotatable bonds is 5. The Bertz CT molecular complexity index is 325. The highest BCUT2D eigenvalue weighted by Crippen LogP contribution is 2.04. The number of carbonyl (C=O) groups is 1. The van der Waals surface area contributed by atoms with Crippen molar-refractivity contribution in [3.63, 3.8) is 0 Å². The largest absolute Gasteiger partial charge is 0.377 e. The zero-order chi connectivity index (χ0) is 11.3. The summed E-state index contributed by atoms with van der Waals surface area (Å²) in [5, 5.41) is 6.34. The van der Waals surface area contributed by atoms with Crippen molar-refractivity contribution in [3.05, 3.63) is 17.5 Å². The predicted molar refractivity (Wildman–Crippen MR) is 57.9 cm³/mol. The quantitative estimate of drug-likeness (QED) is 0.825. The third-order valence-corrected chi connectivity index (χ3v) is 1.95. The molecule has 0 radical (unpaired) electrons. The molecule has 0 aromatic carbocycles. The van der Waals surface area contributed by atoms with E-state index < -0.39 is 0 Å². The smallest absolute Gasteiger partial charge is 0.273 e. The fourth-order valence-electron chi connectivity index (χ4n) is 0.954. The first-order valence-corrected chi connectivity index (χ1v) is 5.42. The highest BCUT2D eigenvalue weighted by Gasteiger charge is 2.12. The van der Waals surface area contributed by atoms with Crippen molar-refractivity contribution in [1.82, 2.24) is 10.5 Å². The number of nitrogens with one attached hydrogen (secondary N) is 1. The van der Waals surface area contributed by atoms with E-state index in [1.165, 1.54) is 0 Å². The summed E-state index contributed by atoms with van der Waals surface area (Å²) in [6, 6.07) is 1.57. The van der Waals surface area contributed by atoms with Crippen LogP contribution in [0.3, 0.4) is 0 Å². The van der Waals surface area contributed by atoms with Gasteiger partial charge in [0.2, 0.25) is 0 Å². The molecular formula is C9H13BrN2O3. The molecule has 0 fully saturated rings. The van der Waals surface area contributed by atoms with Gasteiger partial charge in [0.1, 0.15) is 6.61 Å². The van der Waals surface area contributed by atoms with Crippen molar-refractivity contribution in [1.29, 1.82) is 0 Å². The number of ether oxygens (including phenoxy) is 1. The predicted octanol–water partition coefficient (Wildman–Crippen LogP) is 1.33. The van der Waals surface area contributed by atoms with E-state index in [-0.39, 0.29) is 16.4 Å². The van der Waals surface area contributed by atoms with E-state index in [2.05, 4.69) is 26.4 Å². The molecular weight excluding hydrogens is 264 g/mol. The number of methoxy groups -OCH3 is 1. The molecule has 84 valence electrons. The van der Waals surface area contributed by atoms with Crippen molar-refractivity contribution < 1.29 is 14.1 Å². The van der Waals surface area contributed by atoms with Crippen molar-refractivity contribution in [2.45, 2.75) is 18.4 Å². The molecule has 0 aliphatic heterocycles. The van der Waals surface area contributed by atoms with Crippen LogP contribution in [0, 0.1) is 0 Å². The SMILES string of the molecule is COCc1cc(C(=O)NCC(C)Br)no1. The van der Waals surface area contributed by atoms with Crippen LogP contribution in [0.15, 0.2) is 10.6 Å². The van der Waals surface area contributed by atoms with Gasteiger partial charge < -0.3 is 14.6 Å². The van der Waals surface area contributed by atoms with Crippen molar-refractivity contribution in [2.75, 3.05) is 13.7 Å². The fourth-order valence-corrected chi connectivity index (χ4v) is 1.12. The van der Waals surface area contributed by atoms with Gasteiger partial charge in [-0.1, -0.05) is 28.0 Å². The molecule has 1 aromatic heterocycles. The van der Waals surface area contributed by atoms with Crippen molar-refractivity contribution in [2.24, 2.45) is 0 Å². The molecule has 6 heteroatoms. The first-order chi connectivity index (χ1) is 7.13. The second-order valence-electron chi connectivity index (χ2n) is 3.10. The Hall–Kier alpha value is -0.880. The molecule has 0 spiro atoms. The number of aromatic nitrogens is 1. The second kappa shape index (κ2) is 5.87. The topological polar surface area (TPSA) is 64.4 Å². The maximum Gasteiger partial charge on any atom is 0.273 e. The van der Waals surface area contributed by atoms with Crippen LogP contribution in [0.1, 0.15) is 23.2 Å². The molecule has 1 N–H and O–H groups in total. The monoisotopic (exact) mass is 276 g/mol. The number of nitrogens with zero attached hydrogens (tertiary/aromatic N) is 1. The summed E-state index contributed by atoms with van der Waals surface area (Å²) in [7, 11) is 1.55. The van der Waals surface area contributed by atoms with Crippen LogP contribution in [0.2, 0.25) is 0 Å². The normalized spacial score (nSPS) is 12.5. The average Bonchev–Trinajstić information content (AvgIpc) is 2.63. The van der Waals surface area contributed by atoms with E-state index in [0.29, 0.717) is 18.9 Å². The van der Waals surface area contributed by atoms with E-state index in [9.17, 15) is 4.79 Å². The fraction of sp³-hybridized carbons (Fsp3) is 0.556. The minimum atomic E-state index is -0.243. The Morgan fingerprint density at radius 1 is 1.80 bits per heavy atom. The first kappa shape index (κ1) is 12.2. The first-order valence-electron chi connectivity index (χ1n) is 4.50. The van der Waals surface area contributed by atoms with E-state index >= 15 is 0 Å². The van der Waals surface area contributed by atoms with Gasteiger partial charge in [0.05, 0.1) is 0 Å². The molecule has 1 unspecified atom stereocenters. The van der Waals surface area contributed by atoms with Crippen LogP contribution in [0.25, 0.3) is 0 Å². The Morgan fingerprint density at radius 3 is 3.13 bits per heavy atom. The van der Waals surface area contributed by atoms with Gasteiger partial charge in [-0.2, -0.15) is 0 Å². The second-order valence-corrected chi connectivity index (χ2v) is 4.67. The number of hydrogen-bond donors (Lipinski definition) is 1. The zero-order valence-electron chi connectivity index (χ0n) is 8.62. The minimum Gasteiger partial charge on any atom is -0.377 e. The molecule has 1 amide bonds. The van der Waals surface area contributed by atoms with Gasteiger partial charge >= 0.3 is 0 Å². The van der Waals surface area contributed by atoms with E-state index in [1.807, 2.05) is 6.92 Å². The molecule has 1 rings (SSSR count). The van der Waals surface area contributed by atoms with E-state index in [0.717, 1.165) is 0 Å². The lowest BCUT2D eigenvalue weighted by molar-refractivity contribution is 0.0944. The van der Waals surface area contributed by atoms with Crippen LogP contribution >= 0.6 is 15.9 Å². The molecule has 5 nitrogen and oxygen atoms in total. The van der Waals surface area contributed by atoms with E-state index in [4.69, 9.17) is 9.26 Å². The number of alkyl halides is 1. The summed E-state index contributed by atoms with van der Waals surface area (Å²) in [5.41, 5.74) is 0.273. The maximum absolute atomic E-state index is 11.5. The summed E-state index contributed by atoms with van der Waals surface area (Å²) >= 11 is 3.33. The minimum absolute atomic E-state index is 0.229. The van der Waals surface area contributed by atoms with Crippen LogP contribution in [-0.2, 0) is 11.3 Å². The van der Waals surface area contributed by atoms with Gasteiger partial charge in [-0.05, 0) is 0 Å².